The lowest BCUT2D eigenvalue weighted by molar-refractivity contribution is -0.157. The Labute approximate surface area is 344 Å². The highest BCUT2D eigenvalue weighted by atomic mass is 32.2. The zero-order chi connectivity index (χ0) is 43.3. The van der Waals surface area contributed by atoms with Crippen molar-refractivity contribution < 1.29 is 51.0 Å². The number of pyridine rings is 1. The molecule has 2 saturated carbocycles. The number of hydrogen-bond donors (Lipinski definition) is 3. The number of hydrogen-bond acceptors (Lipinski definition) is 9. The van der Waals surface area contributed by atoms with E-state index in [9.17, 15) is 27.9 Å². The molecular formula is C42H57F2N5O9S. The smallest absolute Gasteiger partial charge is 0.408 e. The Kier molecular flexibility index (Phi) is 12.0. The van der Waals surface area contributed by atoms with Crippen LogP contribution in [0.25, 0.3) is 10.8 Å². The van der Waals surface area contributed by atoms with Gasteiger partial charge in [0.1, 0.15) is 35.0 Å². The van der Waals surface area contributed by atoms with Crippen LogP contribution in [0.3, 0.4) is 0 Å². The third-order valence-corrected chi connectivity index (χ3v) is 15.2. The van der Waals surface area contributed by atoms with Gasteiger partial charge in [0.2, 0.25) is 27.7 Å². The standard InChI is InChI=1S/C42H57F2N5O9S/c1-8-26-20-25(3)12-10-11-13-28-23-42(28,37(52)47-59(55,56)40(6)17-18-40)46-34(50)32-22-30(58-35-31-15-14-29(57-9-2)21-27(31)16-19-45-35)24-48(32)36(51)33(26)49(38(53)54)39(4,5)41(7,43)44/h11,13-16,19,21,25-26,28,30,32-33H,8-10,12,17-18,20,22-24H2,1-7H3,(H,46,50)(H,47,52)(H,53,54)/t25-,26-,28-,30-,32+,33+,42-/m1/s1. The molecule has 7 atom stereocenters. The number of alkyl halides is 2. The number of rotatable bonds is 11. The molecule has 3 heterocycles. The Morgan fingerprint density at radius 2 is 1.85 bits per heavy atom. The van der Waals surface area contributed by atoms with Crippen LogP contribution in [-0.4, -0.2) is 105 Å². The number of nitrogens with one attached hydrogen (secondary N) is 2. The fourth-order valence-electron chi connectivity index (χ4n) is 8.48. The number of ether oxygens (including phenoxy) is 2. The summed E-state index contributed by atoms with van der Waals surface area (Å²) >= 11 is 0. The van der Waals surface area contributed by atoms with Crippen LogP contribution in [0.1, 0.15) is 99.8 Å². The second kappa shape index (κ2) is 16.1. The molecule has 14 nitrogen and oxygen atoms in total. The van der Waals surface area contributed by atoms with Gasteiger partial charge in [-0.2, -0.15) is 0 Å². The van der Waals surface area contributed by atoms with Crippen molar-refractivity contribution >= 4 is 44.6 Å². The highest BCUT2D eigenvalue weighted by Gasteiger charge is 2.63. The lowest BCUT2D eigenvalue weighted by Gasteiger charge is -2.47. The number of amides is 4. The van der Waals surface area contributed by atoms with Crippen LogP contribution in [0.2, 0.25) is 0 Å². The summed E-state index contributed by atoms with van der Waals surface area (Å²) in [4.78, 5) is 63.3. The summed E-state index contributed by atoms with van der Waals surface area (Å²) in [7, 11) is -4.09. The van der Waals surface area contributed by atoms with E-state index in [1.807, 2.05) is 26.0 Å². The Morgan fingerprint density at radius 3 is 2.47 bits per heavy atom. The summed E-state index contributed by atoms with van der Waals surface area (Å²) in [5.41, 5.74) is -4.03. The predicted octanol–water partition coefficient (Wildman–Crippen LogP) is 6.04. The quantitative estimate of drug-likeness (QED) is 0.226. The van der Waals surface area contributed by atoms with Crippen molar-refractivity contribution in [2.45, 2.75) is 140 Å². The van der Waals surface area contributed by atoms with Crippen molar-refractivity contribution in [3.63, 3.8) is 0 Å². The number of halogens is 2. The van der Waals surface area contributed by atoms with E-state index in [0.717, 1.165) is 19.2 Å². The van der Waals surface area contributed by atoms with E-state index in [0.29, 0.717) is 61.7 Å². The maximum atomic E-state index is 15.5. The number of nitrogens with zero attached hydrogens (tertiary/aromatic N) is 3. The number of fused-ring (bicyclic) bond motifs is 3. The zero-order valence-electron chi connectivity index (χ0n) is 34.8. The van der Waals surface area contributed by atoms with Gasteiger partial charge in [0.15, 0.2) is 0 Å². The topological polar surface area (TPSA) is 185 Å². The van der Waals surface area contributed by atoms with Crippen LogP contribution < -0.4 is 19.5 Å². The minimum atomic E-state index is -4.09. The number of carbonyl (C=O) groups is 4. The van der Waals surface area contributed by atoms with Crippen LogP contribution in [-0.2, 0) is 24.4 Å². The number of benzene rings is 1. The predicted molar refractivity (Wildman–Crippen MR) is 215 cm³/mol. The fraction of sp³-hybridized carbons (Fsp3) is 0.643. The first kappa shape index (κ1) is 44.0. The molecule has 0 unspecified atom stereocenters. The minimum Gasteiger partial charge on any atom is -0.494 e. The lowest BCUT2D eigenvalue weighted by atomic mass is 9.81. The van der Waals surface area contributed by atoms with E-state index in [1.165, 1.54) is 4.90 Å². The van der Waals surface area contributed by atoms with Gasteiger partial charge in [-0.05, 0) is 108 Å². The van der Waals surface area contributed by atoms with Crippen LogP contribution in [0.15, 0.2) is 42.6 Å². The molecule has 0 spiro atoms. The van der Waals surface area contributed by atoms with Crippen molar-refractivity contribution in [2.24, 2.45) is 17.8 Å². The van der Waals surface area contributed by atoms with E-state index in [2.05, 4.69) is 15.0 Å². The molecule has 59 heavy (non-hydrogen) atoms. The highest BCUT2D eigenvalue weighted by molar-refractivity contribution is 7.91. The average molecular weight is 846 g/mol. The third-order valence-electron chi connectivity index (χ3n) is 13.0. The molecule has 1 saturated heterocycles. The van der Waals surface area contributed by atoms with Crippen LogP contribution in [0, 0.1) is 17.8 Å². The van der Waals surface area contributed by atoms with Crippen molar-refractivity contribution in [3.8, 4) is 11.6 Å². The number of carboxylic acid groups (broad SMARTS) is 1. The van der Waals surface area contributed by atoms with Gasteiger partial charge in [0.05, 0.1) is 17.9 Å². The number of sulfonamides is 1. The molecule has 0 radical (unpaired) electrons. The zero-order valence-corrected chi connectivity index (χ0v) is 35.6. The van der Waals surface area contributed by atoms with Crippen molar-refractivity contribution in [3.05, 3.63) is 42.6 Å². The van der Waals surface area contributed by atoms with Gasteiger partial charge in [-0.3, -0.25) is 24.0 Å². The molecule has 1 aromatic heterocycles. The van der Waals surface area contributed by atoms with Gasteiger partial charge >= 0.3 is 6.09 Å². The summed E-state index contributed by atoms with van der Waals surface area (Å²) < 4.78 is 70.6. The Balaban J connectivity index is 1.43. The van der Waals surface area contributed by atoms with E-state index in [1.54, 1.807) is 44.3 Å². The maximum Gasteiger partial charge on any atom is 0.408 e. The molecule has 3 fully saturated rings. The van der Waals surface area contributed by atoms with Crippen molar-refractivity contribution in [1.29, 1.82) is 0 Å². The van der Waals surface area contributed by atoms with E-state index in [4.69, 9.17) is 9.47 Å². The molecule has 1 aromatic carbocycles. The molecule has 4 amide bonds. The van der Waals surface area contributed by atoms with Crippen molar-refractivity contribution in [2.75, 3.05) is 13.2 Å². The van der Waals surface area contributed by atoms with Gasteiger partial charge in [0.25, 0.3) is 11.8 Å². The van der Waals surface area contributed by atoms with E-state index < -0.39 is 85.6 Å². The van der Waals surface area contributed by atoms with Crippen LogP contribution >= 0.6 is 0 Å². The second-order valence-electron chi connectivity index (χ2n) is 17.6. The van der Waals surface area contributed by atoms with Gasteiger partial charge in [-0.1, -0.05) is 32.4 Å². The first-order valence-corrected chi connectivity index (χ1v) is 22.0. The summed E-state index contributed by atoms with van der Waals surface area (Å²) in [5, 5.41) is 14.9. The molecule has 17 heteroatoms. The molecule has 0 bridgehead atoms. The molecular weight excluding hydrogens is 789 g/mol. The first-order chi connectivity index (χ1) is 27.6. The lowest BCUT2D eigenvalue weighted by Crippen LogP contribution is -2.67. The van der Waals surface area contributed by atoms with Gasteiger partial charge in [-0.25, -0.2) is 27.0 Å². The van der Waals surface area contributed by atoms with Crippen LogP contribution in [0.5, 0.6) is 11.6 Å². The molecule has 3 N–H and O–H groups in total. The van der Waals surface area contributed by atoms with Crippen LogP contribution in [0.4, 0.5) is 13.6 Å². The minimum absolute atomic E-state index is 0.0894. The Bertz CT molecular complexity index is 2110. The monoisotopic (exact) mass is 845 g/mol. The van der Waals surface area contributed by atoms with Crippen molar-refractivity contribution in [1.82, 2.24) is 24.8 Å². The molecule has 2 aliphatic heterocycles. The molecule has 2 aromatic rings. The average Bonchev–Trinajstić information content (AvgIpc) is 4.03. The van der Waals surface area contributed by atoms with Gasteiger partial charge < -0.3 is 24.8 Å². The Hall–Kier alpha value is -4.54. The van der Waals surface area contributed by atoms with Gasteiger partial charge in [0, 0.05) is 30.8 Å². The molecule has 4 aliphatic rings. The molecule has 6 rings (SSSR count). The third kappa shape index (κ3) is 8.58. The summed E-state index contributed by atoms with van der Waals surface area (Å²) in [6.07, 6.45) is 5.00. The first-order valence-electron chi connectivity index (χ1n) is 20.5. The summed E-state index contributed by atoms with van der Waals surface area (Å²) in [6.45, 7) is 10.1. The Morgan fingerprint density at radius 1 is 1.14 bits per heavy atom. The SMILES string of the molecule is CCOc1ccc2c(O[C@@H]3C[C@H]4C(=O)N[C@]5(C(=O)NS(=O)(=O)C6(C)CC6)C[C@H]5C=CCC[C@@H](C)C[C@@H](CC)[C@H](N(C(=O)O)C(C)(C)C(C)(F)F)C(=O)N4C3)nccc2c1. The number of aromatic nitrogens is 1. The largest absolute Gasteiger partial charge is 0.494 e. The van der Waals surface area contributed by atoms with E-state index >= 15 is 13.6 Å². The maximum absolute atomic E-state index is 15.5. The molecule has 2 aliphatic carbocycles. The van der Waals surface area contributed by atoms with Gasteiger partial charge in [-0.15, -0.1) is 0 Å². The normalized spacial score (nSPS) is 28.7. The summed E-state index contributed by atoms with van der Waals surface area (Å²) in [6, 6.07) is 4.11. The second-order valence-corrected chi connectivity index (χ2v) is 19.8. The van der Waals surface area contributed by atoms with E-state index in [-0.39, 0.29) is 37.6 Å². The molecule has 324 valence electrons. The summed E-state index contributed by atoms with van der Waals surface area (Å²) in [5.74, 6) is -6.69. The number of allylic oxidation sites excluding steroid dienone is 1. The number of carbonyl (C=O) groups excluding carboxylic acids is 3. The highest BCUT2D eigenvalue weighted by Crippen LogP contribution is 2.48. The fourth-order valence-corrected chi connectivity index (χ4v) is 9.79.